The summed E-state index contributed by atoms with van der Waals surface area (Å²) in [5.41, 5.74) is 3.08. The van der Waals surface area contributed by atoms with Gasteiger partial charge in [-0.1, -0.05) is 54.6 Å². The number of hydrogen-bond acceptors (Lipinski definition) is 5. The predicted molar refractivity (Wildman–Crippen MR) is 158 cm³/mol. The molecule has 208 valence electrons. The Labute approximate surface area is 242 Å². The number of carbonyl (C=O) groups excluding carboxylic acids is 3. The third kappa shape index (κ3) is 3.52. The average molecular weight is 559 g/mol. The van der Waals surface area contributed by atoms with Crippen LogP contribution in [-0.4, -0.2) is 36.7 Å². The lowest BCUT2D eigenvalue weighted by atomic mass is 9.64. The number of nitrogens with zero attached hydrogens (tertiary/aromatic N) is 1. The van der Waals surface area contributed by atoms with E-state index in [1.54, 1.807) is 24.3 Å². The van der Waals surface area contributed by atoms with Gasteiger partial charge in [-0.3, -0.25) is 14.4 Å². The van der Waals surface area contributed by atoms with E-state index in [-0.39, 0.29) is 17.3 Å². The highest BCUT2D eigenvalue weighted by Crippen LogP contribution is 2.58. The van der Waals surface area contributed by atoms with Crippen molar-refractivity contribution in [3.05, 3.63) is 131 Å². The number of carbonyl (C=O) groups is 3. The molecule has 0 saturated carbocycles. The van der Waals surface area contributed by atoms with Gasteiger partial charge in [-0.05, 0) is 66.6 Å². The van der Waals surface area contributed by atoms with Gasteiger partial charge in [-0.2, -0.15) is 0 Å². The van der Waals surface area contributed by atoms with E-state index in [9.17, 15) is 18.8 Å². The first-order chi connectivity index (χ1) is 20.4. The zero-order valence-electron chi connectivity index (χ0n) is 23.0. The molecule has 1 amide bonds. The summed E-state index contributed by atoms with van der Waals surface area (Å²) < 4.78 is 19.4. The molecule has 1 saturated heterocycles. The summed E-state index contributed by atoms with van der Waals surface area (Å²) in [6, 6.07) is 25.5. The van der Waals surface area contributed by atoms with Crippen molar-refractivity contribution in [1.82, 2.24) is 0 Å². The van der Waals surface area contributed by atoms with E-state index >= 15 is 0 Å². The maximum absolute atomic E-state index is 14.8. The molecule has 7 heteroatoms. The molecule has 6 nitrogen and oxygen atoms in total. The molecule has 7 rings (SSSR count). The Hall–Kier alpha value is -5.04. The van der Waals surface area contributed by atoms with Crippen LogP contribution in [0.15, 0.2) is 103 Å². The summed E-state index contributed by atoms with van der Waals surface area (Å²) in [6.45, 7) is 1.98. The highest BCUT2D eigenvalue weighted by molar-refractivity contribution is 6.18. The summed E-state index contributed by atoms with van der Waals surface area (Å²) in [4.78, 5) is 45.9. The Morgan fingerprint density at radius 3 is 2.40 bits per heavy atom. The molecular weight excluding hydrogens is 531 g/mol. The Morgan fingerprint density at radius 2 is 1.62 bits per heavy atom. The minimum absolute atomic E-state index is 0.232. The van der Waals surface area contributed by atoms with Crippen LogP contribution in [0.4, 0.5) is 15.8 Å². The van der Waals surface area contributed by atoms with E-state index in [0.717, 1.165) is 16.8 Å². The third-order valence-electron chi connectivity index (χ3n) is 8.92. The molecule has 3 heterocycles. The first kappa shape index (κ1) is 25.9. The molecule has 0 bridgehead atoms. The number of rotatable bonds is 5. The molecule has 1 spiro atoms. The van der Waals surface area contributed by atoms with Gasteiger partial charge < -0.3 is 15.0 Å². The number of nitrogens with one attached hydrogen (secondary N) is 1. The molecular formula is C35H27FN2O4. The molecule has 1 N–H and O–H groups in total. The van der Waals surface area contributed by atoms with Gasteiger partial charge in [0, 0.05) is 28.1 Å². The lowest BCUT2D eigenvalue weighted by Crippen LogP contribution is -2.51. The van der Waals surface area contributed by atoms with Crippen LogP contribution in [-0.2, 0) is 10.2 Å². The van der Waals surface area contributed by atoms with Gasteiger partial charge in [-0.25, -0.2) is 4.39 Å². The van der Waals surface area contributed by atoms with Crippen molar-refractivity contribution in [2.24, 2.45) is 5.92 Å². The number of methoxy groups -OCH3 is 1. The number of benzene rings is 4. The van der Waals surface area contributed by atoms with Gasteiger partial charge in [-0.15, -0.1) is 0 Å². The monoisotopic (exact) mass is 558 g/mol. The normalized spacial score (nSPS) is 23.5. The lowest BCUT2D eigenvalue weighted by molar-refractivity contribution is -0.121. The third-order valence-corrected chi connectivity index (χ3v) is 8.92. The molecule has 0 radical (unpaired) electrons. The summed E-state index contributed by atoms with van der Waals surface area (Å²) in [7, 11) is 1.53. The van der Waals surface area contributed by atoms with E-state index in [2.05, 4.69) is 5.32 Å². The zero-order chi connectivity index (χ0) is 29.2. The van der Waals surface area contributed by atoms with E-state index in [4.69, 9.17) is 4.74 Å². The molecule has 1 fully saturated rings. The van der Waals surface area contributed by atoms with Crippen molar-refractivity contribution in [3.63, 3.8) is 0 Å². The van der Waals surface area contributed by atoms with Crippen LogP contribution < -0.4 is 15.0 Å². The predicted octanol–water partition coefficient (Wildman–Crippen LogP) is 6.08. The number of Topliss-reactive ketones (excluding diaryl/α,β-unsaturated/α-hetero) is 2. The van der Waals surface area contributed by atoms with E-state index in [1.807, 2.05) is 66.4 Å². The van der Waals surface area contributed by atoms with Crippen LogP contribution in [0.3, 0.4) is 0 Å². The van der Waals surface area contributed by atoms with Crippen LogP contribution in [0, 0.1) is 11.7 Å². The van der Waals surface area contributed by atoms with Crippen molar-refractivity contribution >= 4 is 34.4 Å². The minimum Gasteiger partial charge on any atom is -0.497 e. The number of ether oxygens (including phenoxy) is 1. The Morgan fingerprint density at radius 1 is 0.881 bits per heavy atom. The second-order valence-corrected chi connectivity index (χ2v) is 11.0. The SMILES string of the molecule is COc1cccc(C(=O)[C@@H]2[C@H](C(=O)c3ccc(F)cc3)[C@]3(C(=O)Nc4ccccc43)[C@H]3C=C(C)c4ccccc4N23)c1. The molecule has 3 aliphatic heterocycles. The fourth-order valence-corrected chi connectivity index (χ4v) is 7.13. The van der Waals surface area contributed by atoms with Crippen molar-refractivity contribution in [1.29, 1.82) is 0 Å². The van der Waals surface area contributed by atoms with Gasteiger partial charge in [0.05, 0.1) is 19.1 Å². The van der Waals surface area contributed by atoms with Gasteiger partial charge in [0.25, 0.3) is 0 Å². The molecule has 0 unspecified atom stereocenters. The first-order valence-electron chi connectivity index (χ1n) is 13.8. The largest absolute Gasteiger partial charge is 0.497 e. The number of allylic oxidation sites excluding steroid dienone is 1. The highest BCUT2D eigenvalue weighted by Gasteiger charge is 2.70. The standard InChI is InChI=1S/C35H27FN2O4/c1-20-18-29-35(26-11-4-5-12-27(26)37-34(35)41)30(32(39)21-14-16-23(36)17-15-21)31(38(29)28-13-6-3-10-25(20)28)33(40)22-8-7-9-24(19-22)42-2/h3-19,29-31H,1-2H3,(H,37,41)/t29-,30-,31+,35-/m1/s1. The van der Waals surface area contributed by atoms with Gasteiger partial charge in [0.1, 0.15) is 23.0 Å². The molecule has 42 heavy (non-hydrogen) atoms. The molecule has 4 aromatic carbocycles. The van der Waals surface area contributed by atoms with Gasteiger partial charge >= 0.3 is 0 Å². The van der Waals surface area contributed by atoms with E-state index < -0.39 is 35.0 Å². The Kier molecular flexibility index (Phi) is 5.87. The van der Waals surface area contributed by atoms with Crippen LogP contribution in [0.1, 0.15) is 38.8 Å². The summed E-state index contributed by atoms with van der Waals surface area (Å²) >= 11 is 0. The number of amides is 1. The second-order valence-electron chi connectivity index (χ2n) is 11.0. The van der Waals surface area contributed by atoms with Crippen LogP contribution in [0.5, 0.6) is 5.75 Å². The maximum atomic E-state index is 14.8. The number of para-hydroxylation sites is 2. The molecule has 0 aromatic heterocycles. The number of ketones is 2. The molecule has 4 atom stereocenters. The fraction of sp³-hybridized carbons (Fsp3) is 0.171. The van der Waals surface area contributed by atoms with Crippen LogP contribution in [0.2, 0.25) is 0 Å². The maximum Gasteiger partial charge on any atom is 0.238 e. The minimum atomic E-state index is -1.43. The van der Waals surface area contributed by atoms with Crippen molar-refractivity contribution in [3.8, 4) is 5.75 Å². The van der Waals surface area contributed by atoms with Gasteiger partial charge in [0.2, 0.25) is 5.91 Å². The quantitative estimate of drug-likeness (QED) is 0.301. The average Bonchev–Trinajstić information content (AvgIpc) is 3.49. The number of halogens is 1. The van der Waals surface area contributed by atoms with E-state index in [0.29, 0.717) is 22.6 Å². The Bertz CT molecular complexity index is 1810. The van der Waals surface area contributed by atoms with Crippen molar-refractivity contribution < 1.29 is 23.5 Å². The van der Waals surface area contributed by atoms with Crippen molar-refractivity contribution in [2.45, 2.75) is 24.4 Å². The highest BCUT2D eigenvalue weighted by atomic mass is 19.1. The van der Waals surface area contributed by atoms with Crippen LogP contribution in [0.25, 0.3) is 5.57 Å². The molecule has 4 aromatic rings. The second kappa shape index (κ2) is 9.52. The van der Waals surface area contributed by atoms with E-state index in [1.165, 1.54) is 31.4 Å². The topological polar surface area (TPSA) is 75.7 Å². The smallest absolute Gasteiger partial charge is 0.238 e. The summed E-state index contributed by atoms with van der Waals surface area (Å²) in [5, 5.41) is 3.03. The summed E-state index contributed by atoms with van der Waals surface area (Å²) in [6.07, 6.45) is 2.01. The molecule has 0 aliphatic carbocycles. The number of anilines is 2. The number of hydrogen-bond donors (Lipinski definition) is 1. The molecule has 3 aliphatic rings. The van der Waals surface area contributed by atoms with Crippen molar-refractivity contribution in [2.75, 3.05) is 17.3 Å². The first-order valence-corrected chi connectivity index (χ1v) is 13.8. The Balaban J connectivity index is 1.55. The lowest BCUT2D eigenvalue weighted by Gasteiger charge is -2.39. The summed E-state index contributed by atoms with van der Waals surface area (Å²) in [5.74, 6) is -2.16. The number of fused-ring (bicyclic) bond motifs is 6. The van der Waals surface area contributed by atoms with Crippen LogP contribution >= 0.6 is 0 Å². The van der Waals surface area contributed by atoms with Gasteiger partial charge in [0.15, 0.2) is 11.6 Å². The fourth-order valence-electron chi connectivity index (χ4n) is 7.13. The zero-order valence-corrected chi connectivity index (χ0v) is 23.0.